The Bertz CT molecular complexity index is 375. The number of thioether (sulfide) groups is 1. The molecule has 0 radical (unpaired) electrons. The van der Waals surface area contributed by atoms with E-state index in [9.17, 15) is 9.59 Å². The summed E-state index contributed by atoms with van der Waals surface area (Å²) in [4.78, 5) is 27.9. The highest BCUT2D eigenvalue weighted by Crippen LogP contribution is 2.47. The number of carbonyl (C=O) groups excluding carboxylic acids is 2. The summed E-state index contributed by atoms with van der Waals surface area (Å²) in [6.45, 7) is 3.71. The molecule has 2 saturated heterocycles. The standard InChI is InChI=1S/C13H23N3O2S/c1-13-6-5-11(17)16(13)10(9-19-13)12(18)14-7-4-8-15(2)3/h10H,4-9H2,1-3H3,(H,14,18). The van der Waals surface area contributed by atoms with E-state index in [0.29, 0.717) is 13.0 Å². The maximum atomic E-state index is 12.2. The molecule has 0 aromatic carbocycles. The molecule has 2 heterocycles. The van der Waals surface area contributed by atoms with Crippen molar-refractivity contribution in [2.75, 3.05) is 32.9 Å². The van der Waals surface area contributed by atoms with Gasteiger partial charge in [-0.2, -0.15) is 0 Å². The molecule has 0 aromatic rings. The van der Waals surface area contributed by atoms with Gasteiger partial charge in [0.05, 0.1) is 4.87 Å². The molecule has 1 N–H and O–H groups in total. The molecule has 108 valence electrons. The first-order valence-corrected chi connectivity index (χ1v) is 7.81. The van der Waals surface area contributed by atoms with Crippen LogP contribution in [0.25, 0.3) is 0 Å². The van der Waals surface area contributed by atoms with Crippen molar-refractivity contribution in [3.8, 4) is 0 Å². The van der Waals surface area contributed by atoms with Crippen LogP contribution in [0.15, 0.2) is 0 Å². The maximum absolute atomic E-state index is 12.2. The van der Waals surface area contributed by atoms with Crippen LogP contribution in [0.4, 0.5) is 0 Å². The van der Waals surface area contributed by atoms with Crippen molar-refractivity contribution in [1.82, 2.24) is 15.1 Å². The molecule has 2 amide bonds. The third kappa shape index (κ3) is 3.05. The Morgan fingerprint density at radius 2 is 2.32 bits per heavy atom. The Labute approximate surface area is 119 Å². The number of rotatable bonds is 5. The van der Waals surface area contributed by atoms with Crippen LogP contribution in [0.3, 0.4) is 0 Å². The lowest BCUT2D eigenvalue weighted by atomic mass is 10.2. The summed E-state index contributed by atoms with van der Waals surface area (Å²) in [5.41, 5.74) is 0. The molecule has 0 aromatic heterocycles. The molecule has 2 atom stereocenters. The lowest BCUT2D eigenvalue weighted by Crippen LogP contribution is -2.50. The molecule has 0 saturated carbocycles. The summed E-state index contributed by atoms with van der Waals surface area (Å²) in [6, 6.07) is -0.274. The summed E-state index contributed by atoms with van der Waals surface area (Å²) in [7, 11) is 4.04. The van der Waals surface area contributed by atoms with Crippen molar-refractivity contribution in [3.63, 3.8) is 0 Å². The molecule has 2 unspecified atom stereocenters. The van der Waals surface area contributed by atoms with Gasteiger partial charge in [-0.05, 0) is 40.4 Å². The van der Waals surface area contributed by atoms with Gasteiger partial charge in [-0.3, -0.25) is 9.59 Å². The van der Waals surface area contributed by atoms with Gasteiger partial charge in [0.15, 0.2) is 0 Å². The van der Waals surface area contributed by atoms with E-state index in [0.717, 1.165) is 25.1 Å². The van der Waals surface area contributed by atoms with Gasteiger partial charge in [-0.15, -0.1) is 11.8 Å². The van der Waals surface area contributed by atoms with Crippen LogP contribution in [0.1, 0.15) is 26.2 Å². The number of fused-ring (bicyclic) bond motifs is 1. The second kappa shape index (κ2) is 5.71. The first-order valence-electron chi connectivity index (χ1n) is 6.82. The fraction of sp³-hybridized carbons (Fsp3) is 0.846. The summed E-state index contributed by atoms with van der Waals surface area (Å²) in [5.74, 6) is 0.855. The predicted molar refractivity (Wildman–Crippen MR) is 76.9 cm³/mol. The van der Waals surface area contributed by atoms with E-state index in [2.05, 4.69) is 17.1 Å². The number of hydrogen-bond donors (Lipinski definition) is 1. The molecular formula is C13H23N3O2S. The summed E-state index contributed by atoms with van der Waals surface area (Å²) >= 11 is 1.74. The summed E-state index contributed by atoms with van der Waals surface area (Å²) < 4.78 is 0. The van der Waals surface area contributed by atoms with Crippen LogP contribution in [-0.4, -0.2) is 65.5 Å². The molecule has 0 aliphatic carbocycles. The Balaban J connectivity index is 1.85. The molecule has 2 aliphatic heterocycles. The van der Waals surface area contributed by atoms with Crippen LogP contribution in [0, 0.1) is 0 Å². The van der Waals surface area contributed by atoms with Crippen LogP contribution in [0.2, 0.25) is 0 Å². The molecule has 5 nitrogen and oxygen atoms in total. The first kappa shape index (κ1) is 14.7. The lowest BCUT2D eigenvalue weighted by Gasteiger charge is -2.29. The number of carbonyl (C=O) groups is 2. The lowest BCUT2D eigenvalue weighted by molar-refractivity contribution is -0.137. The van der Waals surface area contributed by atoms with Crippen LogP contribution < -0.4 is 5.32 Å². The number of hydrogen-bond acceptors (Lipinski definition) is 4. The second-order valence-electron chi connectivity index (χ2n) is 5.71. The molecule has 2 rings (SSSR count). The van der Waals surface area contributed by atoms with Crippen molar-refractivity contribution in [3.05, 3.63) is 0 Å². The van der Waals surface area contributed by atoms with Gasteiger partial charge in [0.25, 0.3) is 0 Å². The Hall–Kier alpha value is -0.750. The number of amides is 2. The number of nitrogens with one attached hydrogen (secondary N) is 1. The van der Waals surface area contributed by atoms with Crippen molar-refractivity contribution >= 4 is 23.6 Å². The zero-order valence-corrected chi connectivity index (χ0v) is 12.8. The summed E-state index contributed by atoms with van der Waals surface area (Å²) in [6.07, 6.45) is 2.37. The maximum Gasteiger partial charge on any atom is 0.243 e. The third-order valence-corrected chi connectivity index (χ3v) is 5.33. The predicted octanol–water partition coefficient (Wildman–Crippen LogP) is 0.508. The van der Waals surface area contributed by atoms with Crippen LogP contribution >= 0.6 is 11.8 Å². The fourth-order valence-electron chi connectivity index (χ4n) is 2.74. The minimum Gasteiger partial charge on any atom is -0.354 e. The van der Waals surface area contributed by atoms with Gasteiger partial charge < -0.3 is 15.1 Å². The normalized spacial score (nSPS) is 30.0. The fourth-order valence-corrected chi connectivity index (χ4v) is 4.17. The van der Waals surface area contributed by atoms with E-state index in [1.54, 1.807) is 16.7 Å². The molecule has 0 spiro atoms. The van der Waals surface area contributed by atoms with E-state index >= 15 is 0 Å². The van der Waals surface area contributed by atoms with E-state index in [-0.39, 0.29) is 22.7 Å². The molecule has 0 bridgehead atoms. The van der Waals surface area contributed by atoms with Crippen LogP contribution in [0.5, 0.6) is 0 Å². The van der Waals surface area contributed by atoms with Gasteiger partial charge in [0.2, 0.25) is 11.8 Å². The van der Waals surface area contributed by atoms with E-state index in [1.165, 1.54) is 0 Å². The second-order valence-corrected chi connectivity index (χ2v) is 7.21. The highest BCUT2D eigenvalue weighted by Gasteiger charge is 2.52. The zero-order valence-electron chi connectivity index (χ0n) is 11.9. The SMILES string of the molecule is CN(C)CCCNC(=O)C1CSC2(C)CCC(=O)N12. The average molecular weight is 285 g/mol. The van der Waals surface area contributed by atoms with E-state index in [1.807, 2.05) is 14.1 Å². The van der Waals surface area contributed by atoms with E-state index < -0.39 is 0 Å². The highest BCUT2D eigenvalue weighted by molar-refractivity contribution is 8.01. The molecular weight excluding hydrogens is 262 g/mol. The molecule has 2 fully saturated rings. The quantitative estimate of drug-likeness (QED) is 0.748. The van der Waals surface area contributed by atoms with Gasteiger partial charge in [0, 0.05) is 18.7 Å². The Morgan fingerprint density at radius 1 is 1.58 bits per heavy atom. The molecule has 2 aliphatic rings. The minimum absolute atomic E-state index is 0.00484. The highest BCUT2D eigenvalue weighted by atomic mass is 32.2. The van der Waals surface area contributed by atoms with Crippen molar-refractivity contribution < 1.29 is 9.59 Å². The van der Waals surface area contributed by atoms with Gasteiger partial charge in [-0.25, -0.2) is 0 Å². The first-order chi connectivity index (χ1) is 8.94. The monoisotopic (exact) mass is 285 g/mol. The molecule has 19 heavy (non-hydrogen) atoms. The Morgan fingerprint density at radius 3 is 3.00 bits per heavy atom. The van der Waals surface area contributed by atoms with E-state index in [4.69, 9.17) is 0 Å². The van der Waals surface area contributed by atoms with Crippen molar-refractivity contribution in [1.29, 1.82) is 0 Å². The van der Waals surface area contributed by atoms with Crippen LogP contribution in [-0.2, 0) is 9.59 Å². The van der Waals surface area contributed by atoms with Gasteiger partial charge >= 0.3 is 0 Å². The van der Waals surface area contributed by atoms with Gasteiger partial charge in [0.1, 0.15) is 6.04 Å². The summed E-state index contributed by atoms with van der Waals surface area (Å²) in [5, 5.41) is 2.96. The zero-order chi connectivity index (χ0) is 14.0. The number of nitrogens with zero attached hydrogens (tertiary/aromatic N) is 2. The smallest absolute Gasteiger partial charge is 0.243 e. The minimum atomic E-state index is -0.274. The largest absolute Gasteiger partial charge is 0.354 e. The van der Waals surface area contributed by atoms with Gasteiger partial charge in [-0.1, -0.05) is 0 Å². The third-order valence-electron chi connectivity index (χ3n) is 3.83. The van der Waals surface area contributed by atoms with Crippen molar-refractivity contribution in [2.45, 2.75) is 37.1 Å². The molecule has 6 heteroatoms. The Kier molecular flexibility index (Phi) is 4.40. The topological polar surface area (TPSA) is 52.7 Å². The average Bonchev–Trinajstić information content (AvgIpc) is 2.82. The van der Waals surface area contributed by atoms with Crippen molar-refractivity contribution in [2.24, 2.45) is 0 Å².